The van der Waals surface area contributed by atoms with E-state index in [-0.39, 0.29) is 24.1 Å². The molecule has 1 saturated heterocycles. The van der Waals surface area contributed by atoms with E-state index in [1.807, 2.05) is 18.0 Å². The van der Waals surface area contributed by atoms with Crippen LogP contribution in [0.25, 0.3) is 4.96 Å². The van der Waals surface area contributed by atoms with E-state index in [4.69, 9.17) is 11.6 Å². The van der Waals surface area contributed by atoms with Crippen LogP contribution in [-0.2, 0) is 4.79 Å². The molecule has 0 N–H and O–H groups in total. The fraction of sp³-hybridized carbons (Fsp3) is 0.562. The Morgan fingerprint density at radius 2 is 2.08 bits per heavy atom. The van der Waals surface area contributed by atoms with Crippen molar-refractivity contribution < 1.29 is 9.59 Å². The van der Waals surface area contributed by atoms with Gasteiger partial charge in [-0.3, -0.25) is 14.0 Å². The second-order valence-corrected chi connectivity index (χ2v) is 8.07. The number of amides is 2. The summed E-state index contributed by atoms with van der Waals surface area (Å²) < 4.78 is 1.73. The highest BCUT2D eigenvalue weighted by molar-refractivity contribution is 7.17. The van der Waals surface area contributed by atoms with E-state index in [0.29, 0.717) is 29.2 Å². The molecule has 24 heavy (non-hydrogen) atoms. The Hall–Kier alpha value is -1.60. The molecule has 2 aliphatic rings. The number of piperazine rings is 1. The second-order valence-electron chi connectivity index (χ2n) is 6.50. The minimum atomic E-state index is -0.257. The van der Waals surface area contributed by atoms with E-state index in [9.17, 15) is 9.59 Å². The van der Waals surface area contributed by atoms with Gasteiger partial charge in [-0.1, -0.05) is 24.4 Å². The predicted octanol–water partition coefficient (Wildman–Crippen LogP) is 2.58. The first kappa shape index (κ1) is 15.9. The zero-order valence-electron chi connectivity index (χ0n) is 13.5. The molecule has 8 heteroatoms. The topological polar surface area (TPSA) is 57.9 Å². The Labute approximate surface area is 149 Å². The quantitative estimate of drug-likeness (QED) is 0.820. The Balaban J connectivity index is 1.51. The van der Waals surface area contributed by atoms with Crippen molar-refractivity contribution in [1.82, 2.24) is 19.2 Å². The van der Waals surface area contributed by atoms with Crippen molar-refractivity contribution in [1.29, 1.82) is 0 Å². The maximum atomic E-state index is 12.7. The van der Waals surface area contributed by atoms with Gasteiger partial charge < -0.3 is 9.80 Å². The summed E-state index contributed by atoms with van der Waals surface area (Å²) >= 11 is 7.81. The molecule has 0 aromatic carbocycles. The number of rotatable bonds is 2. The molecule has 2 aromatic heterocycles. The lowest BCUT2D eigenvalue weighted by Crippen LogP contribution is -2.55. The van der Waals surface area contributed by atoms with E-state index in [0.717, 1.165) is 17.7 Å². The number of aryl methyl sites for hydroxylation is 1. The first-order chi connectivity index (χ1) is 11.5. The average Bonchev–Trinajstić information content (AvgIpc) is 3.25. The molecule has 2 aromatic rings. The van der Waals surface area contributed by atoms with Gasteiger partial charge in [0.1, 0.15) is 11.7 Å². The molecular weight excluding hydrogens is 348 g/mol. The molecule has 0 radical (unpaired) electrons. The molecule has 1 aliphatic carbocycles. The van der Waals surface area contributed by atoms with Gasteiger partial charge in [0.25, 0.3) is 5.91 Å². The predicted molar refractivity (Wildman–Crippen MR) is 92.7 cm³/mol. The smallest absolute Gasteiger partial charge is 0.276 e. The highest BCUT2D eigenvalue weighted by atomic mass is 35.5. The van der Waals surface area contributed by atoms with Crippen LogP contribution < -0.4 is 0 Å². The molecule has 0 spiro atoms. The van der Waals surface area contributed by atoms with Crippen molar-refractivity contribution in [2.24, 2.45) is 0 Å². The molecule has 1 saturated carbocycles. The summed E-state index contributed by atoms with van der Waals surface area (Å²) in [5, 5.41) is 0.324. The summed E-state index contributed by atoms with van der Waals surface area (Å²) in [6.45, 7) is 3.24. The maximum absolute atomic E-state index is 12.7. The van der Waals surface area contributed by atoms with Crippen LogP contribution in [0.3, 0.4) is 0 Å². The lowest BCUT2D eigenvalue weighted by molar-refractivity contribution is -0.137. The normalized spacial score (nSPS) is 19.7. The van der Waals surface area contributed by atoms with Crippen LogP contribution in [0.15, 0.2) is 6.20 Å². The van der Waals surface area contributed by atoms with Gasteiger partial charge >= 0.3 is 0 Å². The van der Waals surface area contributed by atoms with Crippen LogP contribution >= 0.6 is 22.9 Å². The van der Waals surface area contributed by atoms with Gasteiger partial charge in [-0.25, -0.2) is 4.98 Å². The van der Waals surface area contributed by atoms with Gasteiger partial charge in [0.05, 0.1) is 0 Å². The number of fused-ring (bicyclic) bond motifs is 1. The molecule has 2 fully saturated rings. The van der Waals surface area contributed by atoms with Crippen molar-refractivity contribution in [2.75, 3.05) is 19.6 Å². The van der Waals surface area contributed by atoms with E-state index in [1.165, 1.54) is 24.2 Å². The Morgan fingerprint density at radius 3 is 2.75 bits per heavy atom. The average molecular weight is 367 g/mol. The molecule has 0 unspecified atom stereocenters. The number of hydrogen-bond donors (Lipinski definition) is 0. The van der Waals surface area contributed by atoms with Crippen molar-refractivity contribution >= 4 is 39.7 Å². The van der Waals surface area contributed by atoms with Crippen LogP contribution in [0.1, 0.15) is 41.0 Å². The second kappa shape index (κ2) is 6.04. The monoisotopic (exact) mass is 366 g/mol. The SMILES string of the molecule is Cc1cn2c(Cl)c(C(=O)N3CCN(C4CCCC4)C(=O)C3)nc2s1. The van der Waals surface area contributed by atoms with Crippen LogP contribution in [0.5, 0.6) is 0 Å². The van der Waals surface area contributed by atoms with Gasteiger partial charge in [-0.15, -0.1) is 11.3 Å². The maximum Gasteiger partial charge on any atom is 0.276 e. The Morgan fingerprint density at radius 1 is 1.33 bits per heavy atom. The molecule has 6 nitrogen and oxygen atoms in total. The van der Waals surface area contributed by atoms with Gasteiger partial charge in [0, 0.05) is 30.2 Å². The number of hydrogen-bond acceptors (Lipinski definition) is 4. The van der Waals surface area contributed by atoms with Crippen LogP contribution in [0, 0.1) is 6.92 Å². The van der Waals surface area contributed by atoms with Crippen LogP contribution in [-0.4, -0.2) is 56.7 Å². The standard InChI is InChI=1S/C16H19ClN4O2S/c1-10-8-21-14(17)13(18-16(21)24-10)15(23)19-6-7-20(12(22)9-19)11-4-2-3-5-11/h8,11H,2-7,9H2,1H3. The van der Waals surface area contributed by atoms with E-state index in [2.05, 4.69) is 4.98 Å². The van der Waals surface area contributed by atoms with E-state index >= 15 is 0 Å². The summed E-state index contributed by atoms with van der Waals surface area (Å²) in [4.78, 5) is 34.9. The first-order valence-corrected chi connectivity index (χ1v) is 9.47. The third kappa shape index (κ3) is 2.59. The number of halogens is 1. The fourth-order valence-electron chi connectivity index (χ4n) is 3.68. The largest absolute Gasteiger partial charge is 0.336 e. The summed E-state index contributed by atoms with van der Waals surface area (Å²) in [5.74, 6) is -0.220. The minimum absolute atomic E-state index is 0.0366. The number of carbonyl (C=O) groups is 2. The Bertz CT molecular complexity index is 808. The van der Waals surface area contributed by atoms with Crippen molar-refractivity contribution in [3.8, 4) is 0 Å². The number of imidazole rings is 1. The number of aromatic nitrogens is 2. The summed E-state index contributed by atoms with van der Waals surface area (Å²) in [5.41, 5.74) is 0.241. The third-order valence-electron chi connectivity index (χ3n) is 4.90. The number of thiazole rings is 1. The summed E-state index contributed by atoms with van der Waals surface area (Å²) in [7, 11) is 0. The first-order valence-electron chi connectivity index (χ1n) is 8.27. The zero-order chi connectivity index (χ0) is 16.8. The molecule has 2 amide bonds. The Kier molecular flexibility index (Phi) is 4.00. The molecule has 1 aliphatic heterocycles. The van der Waals surface area contributed by atoms with Crippen molar-refractivity contribution in [3.63, 3.8) is 0 Å². The number of carbonyl (C=O) groups excluding carboxylic acids is 2. The fourth-order valence-corrected chi connectivity index (χ4v) is 4.80. The molecule has 3 heterocycles. The van der Waals surface area contributed by atoms with E-state index in [1.54, 1.807) is 9.30 Å². The van der Waals surface area contributed by atoms with Gasteiger partial charge in [-0.2, -0.15) is 0 Å². The third-order valence-corrected chi connectivity index (χ3v) is 6.16. The van der Waals surface area contributed by atoms with Crippen molar-refractivity contribution in [3.05, 3.63) is 21.9 Å². The highest BCUT2D eigenvalue weighted by Gasteiger charge is 2.34. The van der Waals surface area contributed by atoms with Crippen molar-refractivity contribution in [2.45, 2.75) is 38.6 Å². The summed E-state index contributed by atoms with van der Waals surface area (Å²) in [6.07, 6.45) is 6.43. The molecule has 0 bridgehead atoms. The molecule has 128 valence electrons. The van der Waals surface area contributed by atoms with Crippen LogP contribution in [0.4, 0.5) is 0 Å². The minimum Gasteiger partial charge on any atom is -0.336 e. The van der Waals surface area contributed by atoms with Gasteiger partial charge in [-0.05, 0) is 19.8 Å². The lowest BCUT2D eigenvalue weighted by atomic mass is 10.1. The lowest BCUT2D eigenvalue weighted by Gasteiger charge is -2.37. The zero-order valence-corrected chi connectivity index (χ0v) is 15.1. The molecule has 4 rings (SSSR count). The molecule has 0 atom stereocenters. The number of nitrogens with zero attached hydrogens (tertiary/aromatic N) is 4. The van der Waals surface area contributed by atoms with Crippen LogP contribution in [0.2, 0.25) is 5.15 Å². The van der Waals surface area contributed by atoms with Gasteiger partial charge in [0.15, 0.2) is 10.7 Å². The van der Waals surface area contributed by atoms with Gasteiger partial charge in [0.2, 0.25) is 5.91 Å². The summed E-state index contributed by atoms with van der Waals surface area (Å²) in [6, 6.07) is 0.360. The van der Waals surface area contributed by atoms with E-state index < -0.39 is 0 Å². The highest BCUT2D eigenvalue weighted by Crippen LogP contribution is 2.27. The molecular formula is C16H19ClN4O2S.